The first-order valence-corrected chi connectivity index (χ1v) is 6.70. The van der Waals surface area contributed by atoms with Crippen LogP contribution in [-0.2, 0) is 0 Å². The van der Waals surface area contributed by atoms with Crippen molar-refractivity contribution in [3.8, 4) is 6.07 Å². The third kappa shape index (κ3) is 3.57. The van der Waals surface area contributed by atoms with Crippen molar-refractivity contribution in [2.75, 3.05) is 37.6 Å². The van der Waals surface area contributed by atoms with Gasteiger partial charge in [0.25, 0.3) is 0 Å². The monoisotopic (exact) mass is 280 g/mol. The summed E-state index contributed by atoms with van der Waals surface area (Å²) in [4.78, 5) is 8.62. The normalized spacial score (nSPS) is 18.1. The molecular formula is C13H17ClN4O. The lowest BCUT2D eigenvalue weighted by molar-refractivity contribution is 0.122. The Balaban J connectivity index is 2.00. The van der Waals surface area contributed by atoms with Crippen molar-refractivity contribution >= 4 is 17.4 Å². The first-order valence-electron chi connectivity index (χ1n) is 6.32. The highest BCUT2D eigenvalue weighted by atomic mass is 35.5. The molecule has 102 valence electrons. The Morgan fingerprint density at radius 3 is 2.68 bits per heavy atom. The fourth-order valence-electron chi connectivity index (χ4n) is 2.22. The average Bonchev–Trinajstić information content (AvgIpc) is 2.40. The van der Waals surface area contributed by atoms with Crippen molar-refractivity contribution in [3.63, 3.8) is 0 Å². The SMILES string of the molecule is C[C@@H](O)CN1CCN(c2ccc(Cl)c(C#N)n2)CC1. The molecule has 0 saturated carbocycles. The van der Waals surface area contributed by atoms with Crippen molar-refractivity contribution in [1.82, 2.24) is 9.88 Å². The Kier molecular flexibility index (Phi) is 4.59. The summed E-state index contributed by atoms with van der Waals surface area (Å²) < 4.78 is 0. The van der Waals surface area contributed by atoms with E-state index in [1.54, 1.807) is 13.0 Å². The molecule has 1 aromatic rings. The number of hydrogen-bond donors (Lipinski definition) is 1. The largest absolute Gasteiger partial charge is 0.392 e. The van der Waals surface area contributed by atoms with Gasteiger partial charge < -0.3 is 10.0 Å². The van der Waals surface area contributed by atoms with Crippen molar-refractivity contribution in [2.24, 2.45) is 0 Å². The Morgan fingerprint density at radius 1 is 1.42 bits per heavy atom. The van der Waals surface area contributed by atoms with Gasteiger partial charge in [-0.2, -0.15) is 5.26 Å². The molecule has 1 N–H and O–H groups in total. The number of nitrogens with zero attached hydrogens (tertiary/aromatic N) is 4. The number of hydrogen-bond acceptors (Lipinski definition) is 5. The van der Waals surface area contributed by atoms with Crippen LogP contribution in [0.1, 0.15) is 12.6 Å². The van der Waals surface area contributed by atoms with Gasteiger partial charge in [-0.25, -0.2) is 4.98 Å². The highest BCUT2D eigenvalue weighted by molar-refractivity contribution is 6.31. The van der Waals surface area contributed by atoms with E-state index in [4.69, 9.17) is 16.9 Å². The van der Waals surface area contributed by atoms with Crippen molar-refractivity contribution in [2.45, 2.75) is 13.0 Å². The first-order chi connectivity index (χ1) is 9.10. The number of aliphatic hydroxyl groups excluding tert-OH is 1. The second kappa shape index (κ2) is 6.20. The van der Waals surface area contributed by atoms with Crippen LogP contribution in [0.2, 0.25) is 5.02 Å². The molecule has 1 aromatic heterocycles. The smallest absolute Gasteiger partial charge is 0.161 e. The van der Waals surface area contributed by atoms with Crippen LogP contribution in [0.3, 0.4) is 0 Å². The first kappa shape index (κ1) is 14.1. The van der Waals surface area contributed by atoms with Gasteiger partial charge in [-0.1, -0.05) is 11.6 Å². The van der Waals surface area contributed by atoms with Crippen LogP contribution >= 0.6 is 11.6 Å². The quantitative estimate of drug-likeness (QED) is 0.899. The number of halogens is 1. The highest BCUT2D eigenvalue weighted by Gasteiger charge is 2.19. The molecule has 1 atom stereocenters. The molecule has 0 amide bonds. The Bertz CT molecular complexity index is 478. The number of β-amino-alcohol motifs (C(OH)–C–C–N with tert-alkyl or cyclic N) is 1. The lowest BCUT2D eigenvalue weighted by atomic mass is 10.2. The van der Waals surface area contributed by atoms with Crippen LogP contribution < -0.4 is 4.90 Å². The van der Waals surface area contributed by atoms with Gasteiger partial charge in [-0.3, -0.25) is 4.90 Å². The minimum atomic E-state index is -0.301. The number of rotatable bonds is 3. The summed E-state index contributed by atoms with van der Waals surface area (Å²) in [5, 5.41) is 18.7. The van der Waals surface area contributed by atoms with E-state index in [1.807, 2.05) is 12.1 Å². The summed E-state index contributed by atoms with van der Waals surface area (Å²) in [6, 6.07) is 5.55. The predicted molar refractivity (Wildman–Crippen MR) is 74.3 cm³/mol. The molecule has 5 nitrogen and oxygen atoms in total. The van der Waals surface area contributed by atoms with Gasteiger partial charge in [0, 0.05) is 32.7 Å². The van der Waals surface area contributed by atoms with Crippen molar-refractivity contribution in [3.05, 3.63) is 22.8 Å². The number of piperazine rings is 1. The van der Waals surface area contributed by atoms with Crippen LogP contribution in [0.5, 0.6) is 0 Å². The highest BCUT2D eigenvalue weighted by Crippen LogP contribution is 2.19. The van der Waals surface area contributed by atoms with Crippen LogP contribution in [-0.4, -0.2) is 53.8 Å². The number of anilines is 1. The summed E-state index contributed by atoms with van der Waals surface area (Å²) in [5.74, 6) is 0.789. The Labute approximate surface area is 118 Å². The third-order valence-electron chi connectivity index (χ3n) is 3.16. The van der Waals surface area contributed by atoms with Crippen LogP contribution in [0, 0.1) is 11.3 Å². The van der Waals surface area contributed by atoms with Gasteiger partial charge in [0.1, 0.15) is 11.9 Å². The summed E-state index contributed by atoms with van der Waals surface area (Å²) >= 11 is 5.88. The van der Waals surface area contributed by atoms with E-state index in [1.165, 1.54) is 0 Å². The second-order valence-corrected chi connectivity index (χ2v) is 5.16. The van der Waals surface area contributed by atoms with E-state index < -0.39 is 0 Å². The van der Waals surface area contributed by atoms with E-state index >= 15 is 0 Å². The molecule has 1 fully saturated rings. The summed E-state index contributed by atoms with van der Waals surface area (Å²) in [6.45, 7) is 5.95. The lowest BCUT2D eigenvalue weighted by Gasteiger charge is -2.35. The van der Waals surface area contributed by atoms with E-state index in [0.717, 1.165) is 32.0 Å². The predicted octanol–water partition coefficient (Wildman–Crippen LogP) is 1.11. The van der Waals surface area contributed by atoms with Gasteiger partial charge >= 0.3 is 0 Å². The summed E-state index contributed by atoms with van der Waals surface area (Å²) in [6.07, 6.45) is -0.301. The van der Waals surface area contributed by atoms with Crippen molar-refractivity contribution < 1.29 is 5.11 Å². The lowest BCUT2D eigenvalue weighted by Crippen LogP contribution is -2.48. The maximum atomic E-state index is 9.37. The molecule has 0 bridgehead atoms. The van der Waals surface area contributed by atoms with Gasteiger partial charge in [-0.05, 0) is 19.1 Å². The molecule has 0 spiro atoms. The van der Waals surface area contributed by atoms with E-state index in [-0.39, 0.29) is 11.8 Å². The topological polar surface area (TPSA) is 63.4 Å². The molecule has 0 radical (unpaired) electrons. The van der Waals surface area contributed by atoms with Crippen LogP contribution in [0.25, 0.3) is 0 Å². The van der Waals surface area contributed by atoms with Gasteiger partial charge in [0.15, 0.2) is 5.69 Å². The molecule has 2 rings (SSSR count). The molecular weight excluding hydrogens is 264 g/mol. The molecule has 2 heterocycles. The fraction of sp³-hybridized carbons (Fsp3) is 0.538. The van der Waals surface area contributed by atoms with Gasteiger partial charge in [0.2, 0.25) is 0 Å². The van der Waals surface area contributed by atoms with E-state index in [2.05, 4.69) is 14.8 Å². The third-order valence-corrected chi connectivity index (χ3v) is 3.46. The molecule has 0 aromatic carbocycles. The average molecular weight is 281 g/mol. The van der Waals surface area contributed by atoms with E-state index in [0.29, 0.717) is 11.6 Å². The zero-order valence-corrected chi connectivity index (χ0v) is 11.6. The van der Waals surface area contributed by atoms with Crippen LogP contribution in [0.15, 0.2) is 12.1 Å². The molecule has 0 aliphatic carbocycles. The maximum absolute atomic E-state index is 9.37. The molecule has 19 heavy (non-hydrogen) atoms. The Hall–Kier alpha value is -1.35. The maximum Gasteiger partial charge on any atom is 0.161 e. The fourth-order valence-corrected chi connectivity index (χ4v) is 2.37. The number of pyridine rings is 1. The standard InChI is InChI=1S/C13H17ClN4O/c1-10(19)9-17-4-6-18(7-5-17)13-3-2-11(14)12(8-15)16-13/h2-3,10,19H,4-7,9H2,1H3/t10-/m1/s1. The molecule has 6 heteroatoms. The van der Waals surface area contributed by atoms with Gasteiger partial charge in [-0.15, -0.1) is 0 Å². The Morgan fingerprint density at radius 2 is 2.11 bits per heavy atom. The molecule has 1 aliphatic heterocycles. The summed E-state index contributed by atoms with van der Waals surface area (Å²) in [7, 11) is 0. The minimum absolute atomic E-state index is 0.269. The van der Waals surface area contributed by atoms with Crippen molar-refractivity contribution in [1.29, 1.82) is 5.26 Å². The number of aliphatic hydroxyl groups is 1. The zero-order valence-electron chi connectivity index (χ0n) is 10.9. The molecule has 1 aliphatic rings. The van der Waals surface area contributed by atoms with Crippen LogP contribution in [0.4, 0.5) is 5.82 Å². The molecule has 1 saturated heterocycles. The second-order valence-electron chi connectivity index (χ2n) is 4.75. The zero-order chi connectivity index (χ0) is 13.8. The number of nitriles is 1. The minimum Gasteiger partial charge on any atom is -0.392 e. The molecule has 0 unspecified atom stereocenters. The van der Waals surface area contributed by atoms with Gasteiger partial charge in [0.05, 0.1) is 11.1 Å². The summed E-state index contributed by atoms with van der Waals surface area (Å²) in [5.41, 5.74) is 0.269. The van der Waals surface area contributed by atoms with E-state index in [9.17, 15) is 5.11 Å². The number of aromatic nitrogens is 1.